The van der Waals surface area contributed by atoms with E-state index in [0.717, 1.165) is 23.4 Å². The number of halogens is 2. The van der Waals surface area contributed by atoms with Gasteiger partial charge in [-0.2, -0.15) is 5.10 Å². The summed E-state index contributed by atoms with van der Waals surface area (Å²) in [7, 11) is 0. The molecule has 0 bridgehead atoms. The number of rotatable bonds is 4. The van der Waals surface area contributed by atoms with Gasteiger partial charge in [-0.1, -0.05) is 17.7 Å². The normalized spacial score (nSPS) is 15.4. The number of benzene rings is 2. The van der Waals surface area contributed by atoms with Crippen molar-refractivity contribution in [3.8, 4) is 0 Å². The fraction of sp³-hybridized carbons (Fsp3) is 0.273. The molecule has 0 fully saturated rings. The van der Waals surface area contributed by atoms with E-state index in [1.54, 1.807) is 36.4 Å². The highest BCUT2D eigenvalue weighted by molar-refractivity contribution is 6.30. The maximum atomic E-state index is 14.7. The molecule has 1 aliphatic rings. The first-order chi connectivity index (χ1) is 13.2. The second-order valence-corrected chi connectivity index (χ2v) is 7.76. The molecule has 3 rings (SSSR count). The Kier molecular flexibility index (Phi) is 5.57. The fourth-order valence-corrected chi connectivity index (χ4v) is 3.74. The summed E-state index contributed by atoms with van der Waals surface area (Å²) in [5, 5.41) is 4.46. The molecule has 0 radical (unpaired) electrons. The van der Waals surface area contributed by atoms with Gasteiger partial charge < -0.3 is 4.90 Å². The number of hydrazone groups is 1. The van der Waals surface area contributed by atoms with Crippen molar-refractivity contribution in [1.29, 1.82) is 0 Å². The number of allylic oxidation sites excluding steroid dienone is 1. The molecule has 0 saturated heterocycles. The molecule has 0 unspecified atom stereocenters. The van der Waals surface area contributed by atoms with E-state index in [4.69, 9.17) is 11.6 Å². The Balaban J connectivity index is 1.84. The average Bonchev–Trinajstić information content (AvgIpc) is 2.62. The van der Waals surface area contributed by atoms with Crippen LogP contribution in [0.15, 0.2) is 47.6 Å². The second kappa shape index (κ2) is 7.76. The van der Waals surface area contributed by atoms with Crippen LogP contribution in [0.25, 0.3) is 5.57 Å². The molecule has 146 valence electrons. The zero-order valence-corrected chi connectivity index (χ0v) is 17.1. The lowest BCUT2D eigenvalue weighted by molar-refractivity contribution is 0.0955. The minimum atomic E-state index is -0.388. The highest BCUT2D eigenvalue weighted by atomic mass is 35.5. The molecule has 1 N–H and O–H groups in total. The predicted molar refractivity (Wildman–Crippen MR) is 114 cm³/mol. The van der Waals surface area contributed by atoms with E-state index >= 15 is 0 Å². The van der Waals surface area contributed by atoms with Crippen LogP contribution in [-0.4, -0.2) is 24.2 Å². The van der Waals surface area contributed by atoms with Gasteiger partial charge in [0.2, 0.25) is 0 Å². The summed E-state index contributed by atoms with van der Waals surface area (Å²) in [5.41, 5.74) is 5.90. The summed E-state index contributed by atoms with van der Waals surface area (Å²) in [4.78, 5) is 14.3. The largest absolute Gasteiger partial charge is 0.363 e. The van der Waals surface area contributed by atoms with E-state index in [2.05, 4.69) is 42.3 Å². The molecule has 0 atom stereocenters. The van der Waals surface area contributed by atoms with Crippen molar-refractivity contribution in [3.05, 3.63) is 70.0 Å². The number of hydrogen-bond donors (Lipinski definition) is 1. The first kappa shape index (κ1) is 20.1. The third kappa shape index (κ3) is 3.94. The van der Waals surface area contributed by atoms with Gasteiger partial charge in [0.15, 0.2) is 0 Å². The molecule has 0 aliphatic carbocycles. The number of carbonyl (C=O) groups is 1. The van der Waals surface area contributed by atoms with Crippen LogP contribution < -0.4 is 10.3 Å². The summed E-state index contributed by atoms with van der Waals surface area (Å²) in [6, 6.07) is 9.76. The number of hydrogen-bond acceptors (Lipinski definition) is 3. The lowest BCUT2D eigenvalue weighted by Crippen LogP contribution is -2.45. The molecular formula is C22H23ClFN3O. The Hall–Kier alpha value is -2.66. The van der Waals surface area contributed by atoms with Crippen LogP contribution in [0.1, 0.15) is 49.2 Å². The molecule has 0 saturated carbocycles. The van der Waals surface area contributed by atoms with E-state index in [1.807, 2.05) is 6.92 Å². The van der Waals surface area contributed by atoms with Gasteiger partial charge in [-0.15, -0.1) is 0 Å². The van der Waals surface area contributed by atoms with Gasteiger partial charge in [0.05, 0.1) is 11.8 Å². The minimum absolute atomic E-state index is 0.180. The number of fused-ring (bicyclic) bond motifs is 1. The summed E-state index contributed by atoms with van der Waals surface area (Å²) in [6.45, 7) is 9.08. The van der Waals surface area contributed by atoms with Crippen LogP contribution in [0.3, 0.4) is 0 Å². The van der Waals surface area contributed by atoms with Crippen molar-refractivity contribution in [2.24, 2.45) is 5.10 Å². The Labute approximate surface area is 169 Å². The Morgan fingerprint density at radius 2 is 1.96 bits per heavy atom. The second-order valence-electron chi connectivity index (χ2n) is 7.32. The van der Waals surface area contributed by atoms with Gasteiger partial charge in [0.1, 0.15) is 5.82 Å². The number of likely N-dealkylation sites (N-methyl/N-ethyl adjacent to an activating group) is 1. The number of nitrogens with zero attached hydrogens (tertiary/aromatic N) is 2. The summed E-state index contributed by atoms with van der Waals surface area (Å²) < 4.78 is 14.7. The van der Waals surface area contributed by atoms with E-state index in [0.29, 0.717) is 16.1 Å². The molecule has 2 aromatic carbocycles. The Morgan fingerprint density at radius 3 is 2.61 bits per heavy atom. The van der Waals surface area contributed by atoms with Crippen LogP contribution in [0.5, 0.6) is 0 Å². The number of amides is 1. The molecule has 28 heavy (non-hydrogen) atoms. The first-order valence-electron chi connectivity index (χ1n) is 9.13. The van der Waals surface area contributed by atoms with Gasteiger partial charge in [0, 0.05) is 33.9 Å². The molecular weight excluding hydrogens is 377 g/mol. The van der Waals surface area contributed by atoms with Gasteiger partial charge in [-0.05, 0) is 69.7 Å². The standard InChI is InChI=1S/C22H23ClFN3O/c1-5-27-20-11-19(24)16(10-18(20)14(2)12-22(27,3)4)13-25-26-21(28)15-6-8-17(23)9-7-15/h6-13H,5H2,1-4H3,(H,26,28)/b25-13-. The van der Waals surface area contributed by atoms with Crippen molar-refractivity contribution in [1.82, 2.24) is 5.43 Å². The van der Waals surface area contributed by atoms with Crippen LogP contribution >= 0.6 is 11.6 Å². The van der Waals surface area contributed by atoms with Crippen LogP contribution in [-0.2, 0) is 0 Å². The number of carbonyl (C=O) groups excluding carboxylic acids is 1. The molecule has 0 aromatic heterocycles. The molecule has 6 heteroatoms. The molecule has 1 aliphatic heterocycles. The highest BCUT2D eigenvalue weighted by Gasteiger charge is 2.30. The third-order valence-corrected chi connectivity index (χ3v) is 5.14. The zero-order valence-electron chi connectivity index (χ0n) is 16.4. The van der Waals surface area contributed by atoms with Crippen molar-refractivity contribution in [3.63, 3.8) is 0 Å². The first-order valence-corrected chi connectivity index (χ1v) is 9.50. The molecule has 2 aromatic rings. The summed E-state index contributed by atoms with van der Waals surface area (Å²) >= 11 is 5.82. The third-order valence-electron chi connectivity index (χ3n) is 4.89. The Bertz CT molecular complexity index is 964. The van der Waals surface area contributed by atoms with E-state index in [-0.39, 0.29) is 17.3 Å². The van der Waals surface area contributed by atoms with Crippen molar-refractivity contribution >= 4 is 35.0 Å². The zero-order chi connectivity index (χ0) is 20.5. The SMILES string of the molecule is CCN1c2cc(F)c(/C=N\NC(=O)c3ccc(Cl)cc3)cc2C(C)=CC1(C)C. The molecule has 1 amide bonds. The van der Waals surface area contributed by atoms with Crippen molar-refractivity contribution in [2.45, 2.75) is 33.2 Å². The van der Waals surface area contributed by atoms with E-state index < -0.39 is 0 Å². The maximum absolute atomic E-state index is 14.7. The lowest BCUT2D eigenvalue weighted by Gasteiger charge is -2.42. The van der Waals surface area contributed by atoms with Crippen LogP contribution in [0.4, 0.5) is 10.1 Å². The maximum Gasteiger partial charge on any atom is 0.271 e. The molecule has 4 nitrogen and oxygen atoms in total. The van der Waals surface area contributed by atoms with Crippen LogP contribution in [0, 0.1) is 5.82 Å². The molecule has 0 spiro atoms. The van der Waals surface area contributed by atoms with Gasteiger partial charge >= 0.3 is 0 Å². The Morgan fingerprint density at radius 1 is 1.29 bits per heavy atom. The number of anilines is 1. The highest BCUT2D eigenvalue weighted by Crippen LogP contribution is 2.39. The van der Waals surface area contributed by atoms with Crippen molar-refractivity contribution < 1.29 is 9.18 Å². The monoisotopic (exact) mass is 399 g/mol. The quantitative estimate of drug-likeness (QED) is 0.562. The van der Waals surface area contributed by atoms with E-state index in [1.165, 1.54) is 6.21 Å². The van der Waals surface area contributed by atoms with Crippen LogP contribution in [0.2, 0.25) is 5.02 Å². The topological polar surface area (TPSA) is 44.7 Å². The van der Waals surface area contributed by atoms with Crippen molar-refractivity contribution in [2.75, 3.05) is 11.4 Å². The number of nitrogens with one attached hydrogen (secondary N) is 1. The minimum Gasteiger partial charge on any atom is -0.363 e. The van der Waals surface area contributed by atoms with E-state index in [9.17, 15) is 9.18 Å². The summed E-state index contributed by atoms with van der Waals surface area (Å²) in [5.74, 6) is -0.770. The van der Waals surface area contributed by atoms with Gasteiger partial charge in [-0.25, -0.2) is 9.82 Å². The predicted octanol–water partition coefficient (Wildman–Crippen LogP) is 5.26. The average molecular weight is 400 g/mol. The fourth-order valence-electron chi connectivity index (χ4n) is 3.62. The lowest BCUT2D eigenvalue weighted by atomic mass is 9.88. The van der Waals surface area contributed by atoms with Gasteiger partial charge in [-0.3, -0.25) is 4.79 Å². The molecule has 1 heterocycles. The summed E-state index contributed by atoms with van der Waals surface area (Å²) in [6.07, 6.45) is 3.51. The smallest absolute Gasteiger partial charge is 0.271 e. The van der Waals surface area contributed by atoms with Gasteiger partial charge in [0.25, 0.3) is 5.91 Å².